The number of benzene rings is 2. The van der Waals surface area contributed by atoms with Gasteiger partial charge in [-0.3, -0.25) is 0 Å². The van der Waals surface area contributed by atoms with E-state index < -0.39 is 0 Å². The van der Waals surface area contributed by atoms with Gasteiger partial charge in [-0.15, -0.1) is 0 Å². The number of hydrogen-bond acceptors (Lipinski definition) is 3. The average molecular weight is 270 g/mol. The minimum atomic E-state index is 0.0195. The lowest BCUT2D eigenvalue weighted by molar-refractivity contribution is 0.0521. The van der Waals surface area contributed by atoms with Crippen LogP contribution in [-0.4, -0.2) is 13.2 Å². The second-order valence-electron chi connectivity index (χ2n) is 4.84. The molecule has 3 rings (SSSR count). The fraction of sp³-hybridized carbons (Fsp3) is 0.294. The Bertz CT molecular complexity index is 566. The van der Waals surface area contributed by atoms with Gasteiger partial charge < -0.3 is 14.2 Å². The molecule has 1 aliphatic heterocycles. The fourth-order valence-electron chi connectivity index (χ4n) is 2.20. The molecular weight excluding hydrogens is 252 g/mol. The van der Waals surface area contributed by atoms with Crippen LogP contribution in [0.25, 0.3) is 0 Å². The SMILES string of the molecule is CC(OCc1ccccc1)c1ccc2c(c1)OCCO2. The zero-order valence-corrected chi connectivity index (χ0v) is 11.5. The predicted molar refractivity (Wildman–Crippen MR) is 77.1 cm³/mol. The van der Waals surface area contributed by atoms with E-state index in [0.29, 0.717) is 19.8 Å². The molecular formula is C17H18O3. The number of hydrogen-bond donors (Lipinski definition) is 0. The Hall–Kier alpha value is -2.00. The first-order valence-corrected chi connectivity index (χ1v) is 6.88. The van der Waals surface area contributed by atoms with Gasteiger partial charge in [-0.05, 0) is 30.2 Å². The van der Waals surface area contributed by atoms with Crippen molar-refractivity contribution in [2.24, 2.45) is 0 Å². The van der Waals surface area contributed by atoms with Crippen molar-refractivity contribution in [2.75, 3.05) is 13.2 Å². The predicted octanol–water partition coefficient (Wildman–Crippen LogP) is 3.74. The summed E-state index contributed by atoms with van der Waals surface area (Å²) in [5.74, 6) is 1.62. The molecule has 3 heteroatoms. The van der Waals surface area contributed by atoms with Crippen molar-refractivity contribution in [3.8, 4) is 11.5 Å². The molecule has 1 aliphatic rings. The van der Waals surface area contributed by atoms with E-state index in [1.165, 1.54) is 5.56 Å². The zero-order chi connectivity index (χ0) is 13.8. The highest BCUT2D eigenvalue weighted by Crippen LogP contribution is 2.33. The average Bonchev–Trinajstić information content (AvgIpc) is 2.53. The third kappa shape index (κ3) is 2.94. The first-order chi connectivity index (χ1) is 9.83. The molecule has 0 bridgehead atoms. The highest BCUT2D eigenvalue weighted by molar-refractivity contribution is 5.44. The molecule has 1 atom stereocenters. The van der Waals surface area contributed by atoms with Crippen molar-refractivity contribution in [3.05, 3.63) is 59.7 Å². The first kappa shape index (κ1) is 13.0. The van der Waals surface area contributed by atoms with Crippen LogP contribution in [0.3, 0.4) is 0 Å². The van der Waals surface area contributed by atoms with Gasteiger partial charge in [0.15, 0.2) is 11.5 Å². The van der Waals surface area contributed by atoms with E-state index in [0.717, 1.165) is 17.1 Å². The van der Waals surface area contributed by atoms with E-state index in [4.69, 9.17) is 14.2 Å². The van der Waals surface area contributed by atoms with Crippen molar-refractivity contribution in [2.45, 2.75) is 19.6 Å². The van der Waals surface area contributed by atoms with Crippen LogP contribution < -0.4 is 9.47 Å². The summed E-state index contributed by atoms with van der Waals surface area (Å²) >= 11 is 0. The Labute approximate surface area is 119 Å². The molecule has 20 heavy (non-hydrogen) atoms. The van der Waals surface area contributed by atoms with Gasteiger partial charge in [-0.25, -0.2) is 0 Å². The summed E-state index contributed by atoms with van der Waals surface area (Å²) in [6, 6.07) is 16.2. The molecule has 3 nitrogen and oxygen atoms in total. The summed E-state index contributed by atoms with van der Waals surface area (Å²) in [6.07, 6.45) is 0.0195. The Morgan fingerprint density at radius 1 is 1.00 bits per heavy atom. The molecule has 0 saturated heterocycles. The number of rotatable bonds is 4. The maximum atomic E-state index is 5.91. The summed E-state index contributed by atoms with van der Waals surface area (Å²) < 4.78 is 17.0. The molecule has 1 unspecified atom stereocenters. The molecule has 2 aromatic carbocycles. The van der Waals surface area contributed by atoms with Gasteiger partial charge in [-0.2, -0.15) is 0 Å². The number of fused-ring (bicyclic) bond motifs is 1. The Balaban J connectivity index is 1.66. The second kappa shape index (κ2) is 5.97. The summed E-state index contributed by atoms with van der Waals surface area (Å²) in [7, 11) is 0. The normalized spacial score (nSPS) is 14.8. The van der Waals surface area contributed by atoms with Gasteiger partial charge in [0.25, 0.3) is 0 Å². The molecule has 2 aromatic rings. The summed E-state index contributed by atoms with van der Waals surface area (Å²) in [5, 5.41) is 0. The quantitative estimate of drug-likeness (QED) is 0.847. The van der Waals surface area contributed by atoms with Gasteiger partial charge >= 0.3 is 0 Å². The van der Waals surface area contributed by atoms with Crippen LogP contribution in [0.2, 0.25) is 0 Å². The molecule has 0 aliphatic carbocycles. The van der Waals surface area contributed by atoms with Crippen LogP contribution in [0.15, 0.2) is 48.5 Å². The maximum Gasteiger partial charge on any atom is 0.161 e. The molecule has 0 amide bonds. The van der Waals surface area contributed by atoms with Crippen molar-refractivity contribution in [3.63, 3.8) is 0 Å². The van der Waals surface area contributed by atoms with Crippen LogP contribution in [0, 0.1) is 0 Å². The van der Waals surface area contributed by atoms with Crippen molar-refractivity contribution in [1.29, 1.82) is 0 Å². The van der Waals surface area contributed by atoms with E-state index in [-0.39, 0.29) is 6.10 Å². The molecule has 0 radical (unpaired) electrons. The molecule has 104 valence electrons. The smallest absolute Gasteiger partial charge is 0.161 e. The minimum absolute atomic E-state index is 0.0195. The standard InChI is InChI=1S/C17H18O3/c1-13(20-12-14-5-3-2-4-6-14)15-7-8-16-17(11-15)19-10-9-18-16/h2-8,11,13H,9-10,12H2,1H3. The third-order valence-electron chi connectivity index (χ3n) is 3.38. The Morgan fingerprint density at radius 2 is 1.75 bits per heavy atom. The van der Waals surface area contributed by atoms with Crippen LogP contribution >= 0.6 is 0 Å². The maximum absolute atomic E-state index is 5.91. The lowest BCUT2D eigenvalue weighted by Gasteiger charge is -2.20. The fourth-order valence-corrected chi connectivity index (χ4v) is 2.20. The monoisotopic (exact) mass is 270 g/mol. The highest BCUT2D eigenvalue weighted by Gasteiger charge is 2.14. The molecule has 0 saturated carbocycles. The Kier molecular flexibility index (Phi) is 3.88. The molecule has 1 heterocycles. The van der Waals surface area contributed by atoms with Crippen LogP contribution in [0.4, 0.5) is 0 Å². The lowest BCUT2D eigenvalue weighted by Crippen LogP contribution is -2.15. The van der Waals surface area contributed by atoms with Gasteiger partial charge in [0.05, 0.1) is 12.7 Å². The van der Waals surface area contributed by atoms with Crippen LogP contribution in [-0.2, 0) is 11.3 Å². The molecule has 0 fully saturated rings. The van der Waals surface area contributed by atoms with E-state index in [9.17, 15) is 0 Å². The van der Waals surface area contributed by atoms with Crippen LogP contribution in [0.1, 0.15) is 24.2 Å². The van der Waals surface area contributed by atoms with E-state index in [1.807, 2.05) is 43.3 Å². The van der Waals surface area contributed by atoms with Gasteiger partial charge in [0.2, 0.25) is 0 Å². The van der Waals surface area contributed by atoms with Crippen molar-refractivity contribution >= 4 is 0 Å². The van der Waals surface area contributed by atoms with E-state index in [1.54, 1.807) is 0 Å². The van der Waals surface area contributed by atoms with Gasteiger partial charge in [-0.1, -0.05) is 36.4 Å². The first-order valence-electron chi connectivity index (χ1n) is 6.88. The summed E-state index contributed by atoms with van der Waals surface area (Å²) in [6.45, 7) is 3.88. The van der Waals surface area contributed by atoms with Gasteiger partial charge in [0.1, 0.15) is 13.2 Å². The molecule has 0 aromatic heterocycles. The summed E-state index contributed by atoms with van der Waals surface area (Å²) in [5.41, 5.74) is 2.28. The zero-order valence-electron chi connectivity index (χ0n) is 11.5. The molecule has 0 spiro atoms. The van der Waals surface area contributed by atoms with Crippen molar-refractivity contribution in [1.82, 2.24) is 0 Å². The summed E-state index contributed by atoms with van der Waals surface area (Å²) in [4.78, 5) is 0. The number of ether oxygens (including phenoxy) is 3. The second-order valence-corrected chi connectivity index (χ2v) is 4.84. The topological polar surface area (TPSA) is 27.7 Å². The minimum Gasteiger partial charge on any atom is -0.486 e. The largest absolute Gasteiger partial charge is 0.486 e. The van der Waals surface area contributed by atoms with Crippen molar-refractivity contribution < 1.29 is 14.2 Å². The lowest BCUT2D eigenvalue weighted by atomic mass is 10.1. The third-order valence-corrected chi connectivity index (χ3v) is 3.38. The van der Waals surface area contributed by atoms with Gasteiger partial charge in [0, 0.05) is 0 Å². The highest BCUT2D eigenvalue weighted by atomic mass is 16.6. The van der Waals surface area contributed by atoms with Crippen LogP contribution in [0.5, 0.6) is 11.5 Å². The van der Waals surface area contributed by atoms with E-state index >= 15 is 0 Å². The molecule has 0 N–H and O–H groups in total. The van der Waals surface area contributed by atoms with E-state index in [2.05, 4.69) is 12.1 Å². The Morgan fingerprint density at radius 3 is 2.55 bits per heavy atom.